The molecule has 1 N–H and O–H groups in total. The van der Waals surface area contributed by atoms with Gasteiger partial charge >= 0.3 is 0 Å². The minimum Gasteiger partial charge on any atom is -0.378 e. The van der Waals surface area contributed by atoms with E-state index in [0.717, 1.165) is 19.3 Å². The minimum absolute atomic E-state index is 0.0225. The van der Waals surface area contributed by atoms with Crippen LogP contribution >= 0.6 is 0 Å². The van der Waals surface area contributed by atoms with Crippen LogP contribution in [0.15, 0.2) is 43.0 Å². The van der Waals surface area contributed by atoms with Crippen molar-refractivity contribution < 1.29 is 9.53 Å². The quantitative estimate of drug-likeness (QED) is 0.667. The van der Waals surface area contributed by atoms with Crippen molar-refractivity contribution >= 4 is 5.91 Å². The fourth-order valence-electron chi connectivity index (χ4n) is 2.54. The lowest BCUT2D eigenvalue weighted by molar-refractivity contribution is -0.118. The number of nitrogens with one attached hydrogen (secondary N) is 1. The molecule has 116 valence electrons. The van der Waals surface area contributed by atoms with Gasteiger partial charge in [0.2, 0.25) is 5.91 Å². The maximum atomic E-state index is 11.0. The van der Waals surface area contributed by atoms with Gasteiger partial charge in [0.05, 0.1) is 6.10 Å². The van der Waals surface area contributed by atoms with E-state index in [1.807, 2.05) is 19.1 Å². The molecule has 0 aliphatic rings. The van der Waals surface area contributed by atoms with E-state index < -0.39 is 0 Å². The summed E-state index contributed by atoms with van der Waals surface area (Å²) in [4.78, 5) is 11.0. The number of rotatable bonds is 10. The van der Waals surface area contributed by atoms with Gasteiger partial charge in [-0.3, -0.25) is 4.79 Å². The molecule has 0 fully saturated rings. The normalized spacial score (nSPS) is 13.4. The molecule has 2 unspecified atom stereocenters. The number of amides is 1. The summed E-state index contributed by atoms with van der Waals surface area (Å²) in [7, 11) is 0. The molecule has 0 spiro atoms. The summed E-state index contributed by atoms with van der Waals surface area (Å²) in [6.07, 6.45) is 4.83. The third-order valence-corrected chi connectivity index (χ3v) is 3.52. The average molecular weight is 289 g/mol. The van der Waals surface area contributed by atoms with Gasteiger partial charge in [-0.2, -0.15) is 0 Å². The molecular formula is C18H27NO2. The Morgan fingerprint density at radius 3 is 2.67 bits per heavy atom. The van der Waals surface area contributed by atoms with Crippen LogP contribution in [0.3, 0.4) is 0 Å². The molecule has 0 heterocycles. The summed E-state index contributed by atoms with van der Waals surface area (Å²) >= 11 is 0. The zero-order valence-corrected chi connectivity index (χ0v) is 13.2. The van der Waals surface area contributed by atoms with Gasteiger partial charge in [0, 0.05) is 20.1 Å². The molecule has 2 atom stereocenters. The van der Waals surface area contributed by atoms with Crippen LogP contribution in [0, 0.1) is 0 Å². The molecule has 0 saturated heterocycles. The zero-order valence-electron chi connectivity index (χ0n) is 13.2. The SMILES string of the molecule is C=CCC(CC(CCNC(C)=O)c1ccccc1)OCC. The molecule has 0 aliphatic heterocycles. The Hall–Kier alpha value is -1.61. The molecule has 1 aromatic rings. The first-order valence-corrected chi connectivity index (χ1v) is 7.69. The Balaban J connectivity index is 2.70. The van der Waals surface area contributed by atoms with Crippen LogP contribution in [0.2, 0.25) is 0 Å². The fourth-order valence-corrected chi connectivity index (χ4v) is 2.54. The van der Waals surface area contributed by atoms with Crippen molar-refractivity contribution in [1.82, 2.24) is 5.32 Å². The van der Waals surface area contributed by atoms with E-state index in [9.17, 15) is 4.79 Å². The van der Waals surface area contributed by atoms with Crippen molar-refractivity contribution in [2.24, 2.45) is 0 Å². The van der Waals surface area contributed by atoms with Crippen molar-refractivity contribution in [3.8, 4) is 0 Å². The predicted octanol–water partition coefficient (Wildman–Crippen LogP) is 3.67. The molecule has 21 heavy (non-hydrogen) atoms. The maximum absolute atomic E-state index is 11.0. The van der Waals surface area contributed by atoms with Gasteiger partial charge < -0.3 is 10.1 Å². The second-order valence-electron chi connectivity index (χ2n) is 5.22. The average Bonchev–Trinajstić information content (AvgIpc) is 2.47. The highest BCUT2D eigenvalue weighted by Crippen LogP contribution is 2.26. The largest absolute Gasteiger partial charge is 0.378 e. The van der Waals surface area contributed by atoms with Crippen LogP contribution in [-0.4, -0.2) is 25.2 Å². The number of hydrogen-bond acceptors (Lipinski definition) is 2. The van der Waals surface area contributed by atoms with Gasteiger partial charge in [-0.15, -0.1) is 6.58 Å². The van der Waals surface area contributed by atoms with Crippen LogP contribution in [0.4, 0.5) is 0 Å². The lowest BCUT2D eigenvalue weighted by Gasteiger charge is -2.23. The van der Waals surface area contributed by atoms with Crippen molar-refractivity contribution in [3.63, 3.8) is 0 Å². The van der Waals surface area contributed by atoms with E-state index >= 15 is 0 Å². The monoisotopic (exact) mass is 289 g/mol. The summed E-state index contributed by atoms with van der Waals surface area (Å²) in [6, 6.07) is 10.4. The Morgan fingerprint density at radius 2 is 2.10 bits per heavy atom. The summed E-state index contributed by atoms with van der Waals surface area (Å²) in [5.41, 5.74) is 1.30. The van der Waals surface area contributed by atoms with Gasteiger partial charge in [0.15, 0.2) is 0 Å². The molecule has 0 aliphatic carbocycles. The molecule has 0 bridgehead atoms. The third kappa shape index (κ3) is 7.09. The topological polar surface area (TPSA) is 38.3 Å². The first-order chi connectivity index (χ1) is 10.2. The van der Waals surface area contributed by atoms with E-state index in [2.05, 4.69) is 36.2 Å². The highest BCUT2D eigenvalue weighted by molar-refractivity contribution is 5.72. The minimum atomic E-state index is 0.0225. The zero-order chi connectivity index (χ0) is 15.5. The van der Waals surface area contributed by atoms with Crippen LogP contribution in [-0.2, 0) is 9.53 Å². The van der Waals surface area contributed by atoms with Crippen molar-refractivity contribution in [3.05, 3.63) is 48.6 Å². The smallest absolute Gasteiger partial charge is 0.216 e. The van der Waals surface area contributed by atoms with Crippen LogP contribution in [0.25, 0.3) is 0 Å². The van der Waals surface area contributed by atoms with Crippen LogP contribution < -0.4 is 5.32 Å². The second-order valence-corrected chi connectivity index (χ2v) is 5.22. The van der Waals surface area contributed by atoms with Crippen LogP contribution in [0.1, 0.15) is 44.6 Å². The molecule has 0 saturated carbocycles. The standard InChI is InChI=1S/C18H27NO2/c1-4-9-18(21-5-2)14-17(12-13-19-15(3)20)16-10-7-6-8-11-16/h4,6-8,10-11,17-18H,1,5,9,12-14H2,2-3H3,(H,19,20). The van der Waals surface area contributed by atoms with Gasteiger partial charge in [-0.25, -0.2) is 0 Å². The van der Waals surface area contributed by atoms with Gasteiger partial charge in [0.25, 0.3) is 0 Å². The predicted molar refractivity (Wildman–Crippen MR) is 87.3 cm³/mol. The fraction of sp³-hybridized carbons (Fsp3) is 0.500. The summed E-state index contributed by atoms with van der Waals surface area (Å²) < 4.78 is 5.80. The first kappa shape index (κ1) is 17.4. The summed E-state index contributed by atoms with van der Waals surface area (Å²) in [5.74, 6) is 0.406. The van der Waals surface area contributed by atoms with Crippen molar-refractivity contribution in [2.75, 3.05) is 13.2 Å². The second kappa shape index (κ2) is 10.2. The van der Waals surface area contributed by atoms with Gasteiger partial charge in [0.1, 0.15) is 0 Å². The molecule has 0 radical (unpaired) electrons. The number of ether oxygens (including phenoxy) is 1. The molecule has 3 nitrogen and oxygen atoms in total. The molecule has 0 aromatic heterocycles. The molecule has 3 heteroatoms. The number of carbonyl (C=O) groups is 1. The highest BCUT2D eigenvalue weighted by Gasteiger charge is 2.17. The van der Waals surface area contributed by atoms with E-state index in [4.69, 9.17) is 4.74 Å². The Labute approximate surface area is 128 Å². The van der Waals surface area contributed by atoms with E-state index in [1.165, 1.54) is 5.56 Å². The highest BCUT2D eigenvalue weighted by atomic mass is 16.5. The van der Waals surface area contributed by atoms with E-state index in [1.54, 1.807) is 6.92 Å². The summed E-state index contributed by atoms with van der Waals surface area (Å²) in [5, 5.41) is 2.88. The molecule has 1 rings (SSSR count). The Bertz CT molecular complexity index is 416. The van der Waals surface area contributed by atoms with E-state index in [0.29, 0.717) is 19.1 Å². The Kier molecular flexibility index (Phi) is 8.44. The number of benzene rings is 1. The summed E-state index contributed by atoms with van der Waals surface area (Å²) in [6.45, 7) is 8.79. The molecule has 1 amide bonds. The van der Waals surface area contributed by atoms with Gasteiger partial charge in [-0.1, -0.05) is 36.4 Å². The third-order valence-electron chi connectivity index (χ3n) is 3.52. The number of carbonyl (C=O) groups excluding carboxylic acids is 1. The molecular weight excluding hydrogens is 262 g/mol. The maximum Gasteiger partial charge on any atom is 0.216 e. The van der Waals surface area contributed by atoms with Crippen molar-refractivity contribution in [1.29, 1.82) is 0 Å². The van der Waals surface area contributed by atoms with Gasteiger partial charge in [-0.05, 0) is 37.7 Å². The first-order valence-electron chi connectivity index (χ1n) is 7.69. The number of hydrogen-bond donors (Lipinski definition) is 1. The van der Waals surface area contributed by atoms with E-state index in [-0.39, 0.29) is 12.0 Å². The lowest BCUT2D eigenvalue weighted by atomic mass is 9.89. The Morgan fingerprint density at radius 1 is 1.38 bits per heavy atom. The van der Waals surface area contributed by atoms with Crippen molar-refractivity contribution in [2.45, 2.75) is 45.1 Å². The molecule has 1 aromatic carbocycles. The van der Waals surface area contributed by atoms with Crippen LogP contribution in [0.5, 0.6) is 0 Å². The lowest BCUT2D eigenvalue weighted by Crippen LogP contribution is -2.24.